The maximum atomic E-state index is 12.4. The molecule has 1 aliphatic rings. The van der Waals surface area contributed by atoms with Gasteiger partial charge in [-0.25, -0.2) is 18.1 Å². The Hall–Kier alpha value is -2.09. The number of halogens is 1. The minimum atomic E-state index is -3.84. The molecule has 3 rings (SSSR count). The number of nitrogens with zero attached hydrogens (tertiary/aromatic N) is 1. The van der Waals surface area contributed by atoms with Gasteiger partial charge in [-0.2, -0.15) is 0 Å². The Balaban J connectivity index is 1.79. The van der Waals surface area contributed by atoms with E-state index in [0.717, 1.165) is 5.56 Å². The van der Waals surface area contributed by atoms with Gasteiger partial charge in [0.15, 0.2) is 6.10 Å². The van der Waals surface area contributed by atoms with Crippen LogP contribution in [0.15, 0.2) is 64.5 Å². The SMILES string of the molecule is O=S(=O)(NC1=NC(CO)C(c2ccccc2)O1)c1ccc(Cl)cc1. The van der Waals surface area contributed by atoms with Gasteiger partial charge in [-0.15, -0.1) is 0 Å². The van der Waals surface area contributed by atoms with Crippen molar-refractivity contribution in [3.63, 3.8) is 0 Å². The Morgan fingerprint density at radius 3 is 2.42 bits per heavy atom. The zero-order chi connectivity index (χ0) is 17.2. The molecule has 0 amide bonds. The second-order valence-electron chi connectivity index (χ2n) is 5.19. The van der Waals surface area contributed by atoms with Crippen LogP contribution in [0.25, 0.3) is 0 Å². The summed E-state index contributed by atoms with van der Waals surface area (Å²) in [5.41, 5.74) is 0.806. The van der Waals surface area contributed by atoms with Crippen LogP contribution in [0.5, 0.6) is 0 Å². The average molecular weight is 367 g/mol. The van der Waals surface area contributed by atoms with E-state index in [1.54, 1.807) is 0 Å². The van der Waals surface area contributed by atoms with Crippen molar-refractivity contribution >= 4 is 27.6 Å². The highest BCUT2D eigenvalue weighted by molar-refractivity contribution is 7.90. The second-order valence-corrected chi connectivity index (χ2v) is 7.31. The van der Waals surface area contributed by atoms with E-state index in [1.807, 2.05) is 30.3 Å². The highest BCUT2D eigenvalue weighted by Crippen LogP contribution is 2.28. The zero-order valence-corrected chi connectivity index (χ0v) is 14.0. The number of aliphatic hydroxyl groups is 1. The number of rotatable bonds is 4. The smallest absolute Gasteiger partial charge is 0.300 e. The van der Waals surface area contributed by atoms with Crippen LogP contribution in [0.3, 0.4) is 0 Å². The third kappa shape index (κ3) is 3.53. The van der Waals surface area contributed by atoms with Gasteiger partial charge >= 0.3 is 0 Å². The first-order chi connectivity index (χ1) is 11.5. The van der Waals surface area contributed by atoms with Crippen LogP contribution in [0.1, 0.15) is 11.7 Å². The van der Waals surface area contributed by atoms with Crippen LogP contribution in [0.2, 0.25) is 5.02 Å². The monoisotopic (exact) mass is 366 g/mol. The number of nitrogens with one attached hydrogen (secondary N) is 1. The summed E-state index contributed by atoms with van der Waals surface area (Å²) in [5, 5.41) is 9.92. The van der Waals surface area contributed by atoms with E-state index in [9.17, 15) is 13.5 Å². The van der Waals surface area contributed by atoms with E-state index < -0.39 is 22.2 Å². The van der Waals surface area contributed by atoms with E-state index in [-0.39, 0.29) is 17.5 Å². The molecule has 1 aliphatic heterocycles. The van der Waals surface area contributed by atoms with Gasteiger partial charge in [0.05, 0.1) is 11.5 Å². The molecule has 0 bridgehead atoms. The van der Waals surface area contributed by atoms with Crippen LogP contribution >= 0.6 is 11.6 Å². The normalized spacial score (nSPS) is 20.3. The lowest BCUT2D eigenvalue weighted by molar-refractivity contribution is 0.149. The van der Waals surface area contributed by atoms with Crippen molar-refractivity contribution in [2.24, 2.45) is 4.99 Å². The van der Waals surface area contributed by atoms with Crippen molar-refractivity contribution in [3.8, 4) is 0 Å². The maximum absolute atomic E-state index is 12.4. The van der Waals surface area contributed by atoms with Crippen LogP contribution in [-0.2, 0) is 14.8 Å². The van der Waals surface area contributed by atoms with Crippen molar-refractivity contribution in [1.82, 2.24) is 4.72 Å². The van der Waals surface area contributed by atoms with Gasteiger partial charge in [-0.1, -0.05) is 41.9 Å². The molecular formula is C16H15ClN2O4S. The Morgan fingerprint density at radius 1 is 1.12 bits per heavy atom. The first-order valence-electron chi connectivity index (χ1n) is 7.18. The molecule has 0 spiro atoms. The number of benzene rings is 2. The molecule has 2 aromatic rings. The molecule has 0 aliphatic carbocycles. The van der Waals surface area contributed by atoms with E-state index in [4.69, 9.17) is 16.3 Å². The van der Waals surface area contributed by atoms with Crippen molar-refractivity contribution in [1.29, 1.82) is 0 Å². The average Bonchev–Trinajstić information content (AvgIpc) is 2.98. The van der Waals surface area contributed by atoms with Gasteiger partial charge in [0.25, 0.3) is 16.0 Å². The molecule has 0 saturated carbocycles. The number of sulfonamides is 1. The summed E-state index contributed by atoms with van der Waals surface area (Å²) in [4.78, 5) is 4.16. The Kier molecular flexibility index (Phi) is 4.75. The summed E-state index contributed by atoms with van der Waals surface area (Å²) in [6, 6.07) is 14.2. The summed E-state index contributed by atoms with van der Waals surface area (Å²) in [5.74, 6) is 0. The summed E-state index contributed by atoms with van der Waals surface area (Å²) < 4.78 is 32.6. The Morgan fingerprint density at radius 2 is 1.79 bits per heavy atom. The summed E-state index contributed by atoms with van der Waals surface area (Å²) >= 11 is 5.77. The number of hydrogen-bond acceptors (Lipinski definition) is 5. The summed E-state index contributed by atoms with van der Waals surface area (Å²) in [7, 11) is -3.84. The third-order valence-corrected chi connectivity index (χ3v) is 5.12. The molecule has 0 aromatic heterocycles. The quantitative estimate of drug-likeness (QED) is 0.867. The van der Waals surface area contributed by atoms with Gasteiger partial charge in [0, 0.05) is 5.02 Å². The fraction of sp³-hybridized carbons (Fsp3) is 0.188. The number of aliphatic imine (C=N–C) groups is 1. The fourth-order valence-electron chi connectivity index (χ4n) is 2.36. The lowest BCUT2D eigenvalue weighted by Crippen LogP contribution is -2.31. The second kappa shape index (κ2) is 6.80. The predicted octanol–water partition coefficient (Wildman–Crippen LogP) is 2.11. The van der Waals surface area contributed by atoms with Gasteiger partial charge in [0.2, 0.25) is 0 Å². The van der Waals surface area contributed by atoms with E-state index >= 15 is 0 Å². The fourth-order valence-corrected chi connectivity index (χ4v) is 3.42. The van der Waals surface area contributed by atoms with Gasteiger partial charge in [0.1, 0.15) is 6.04 Å². The molecule has 6 nitrogen and oxygen atoms in total. The van der Waals surface area contributed by atoms with Crippen LogP contribution in [0, 0.1) is 0 Å². The minimum Gasteiger partial charge on any atom is -0.454 e. The van der Waals surface area contributed by atoms with Crippen molar-refractivity contribution in [3.05, 3.63) is 65.2 Å². The molecule has 1 heterocycles. The number of amidine groups is 1. The first kappa shape index (κ1) is 16.8. The van der Waals surface area contributed by atoms with Crippen LogP contribution in [-0.4, -0.2) is 32.2 Å². The van der Waals surface area contributed by atoms with Crippen LogP contribution < -0.4 is 4.72 Å². The third-order valence-electron chi connectivity index (χ3n) is 3.53. The number of ether oxygens (including phenoxy) is 1. The molecule has 2 N–H and O–H groups in total. The lowest BCUT2D eigenvalue weighted by Gasteiger charge is -2.16. The Labute approximate surface area is 144 Å². The zero-order valence-electron chi connectivity index (χ0n) is 12.5. The Bertz CT molecular complexity index is 838. The highest BCUT2D eigenvalue weighted by atomic mass is 35.5. The standard InChI is InChI=1S/C16H15ClN2O4S/c17-12-6-8-13(9-7-12)24(21,22)19-16-18-14(10-20)15(23-16)11-4-2-1-3-5-11/h1-9,14-15,20H,10H2,(H,18,19). The van der Waals surface area contributed by atoms with Gasteiger partial charge in [-0.05, 0) is 29.8 Å². The number of aliphatic hydroxyl groups excluding tert-OH is 1. The summed E-state index contributed by atoms with van der Waals surface area (Å²) in [6.07, 6.45) is -0.542. The molecule has 0 saturated heterocycles. The van der Waals surface area contributed by atoms with Crippen LogP contribution in [0.4, 0.5) is 0 Å². The predicted molar refractivity (Wildman–Crippen MR) is 90.4 cm³/mol. The van der Waals surface area contributed by atoms with Crippen molar-refractivity contribution < 1.29 is 18.3 Å². The molecule has 24 heavy (non-hydrogen) atoms. The molecular weight excluding hydrogens is 352 g/mol. The van der Waals surface area contributed by atoms with Gasteiger partial charge < -0.3 is 9.84 Å². The topological polar surface area (TPSA) is 88.0 Å². The molecule has 2 unspecified atom stereocenters. The molecule has 0 fully saturated rings. The largest absolute Gasteiger partial charge is 0.454 e. The summed E-state index contributed by atoms with van der Waals surface area (Å²) in [6.45, 7) is -0.258. The highest BCUT2D eigenvalue weighted by Gasteiger charge is 2.33. The lowest BCUT2D eigenvalue weighted by atomic mass is 10.0. The van der Waals surface area contributed by atoms with E-state index in [2.05, 4.69) is 9.71 Å². The number of hydrogen-bond donors (Lipinski definition) is 2. The van der Waals surface area contributed by atoms with E-state index in [0.29, 0.717) is 5.02 Å². The molecule has 0 radical (unpaired) electrons. The van der Waals surface area contributed by atoms with Gasteiger partial charge in [-0.3, -0.25) is 0 Å². The first-order valence-corrected chi connectivity index (χ1v) is 9.04. The minimum absolute atomic E-state index is 0.0434. The molecule has 126 valence electrons. The molecule has 2 atom stereocenters. The molecule has 2 aromatic carbocycles. The molecule has 8 heteroatoms. The maximum Gasteiger partial charge on any atom is 0.300 e. The van der Waals surface area contributed by atoms with E-state index in [1.165, 1.54) is 24.3 Å². The van der Waals surface area contributed by atoms with Crippen molar-refractivity contribution in [2.75, 3.05) is 6.61 Å². The van der Waals surface area contributed by atoms with Crippen molar-refractivity contribution in [2.45, 2.75) is 17.0 Å².